The highest BCUT2D eigenvalue weighted by atomic mass is 19.1. The van der Waals surface area contributed by atoms with Crippen LogP contribution < -0.4 is 4.74 Å². The minimum Gasteiger partial charge on any atom is -0.496 e. The Morgan fingerprint density at radius 2 is 1.83 bits per heavy atom. The molecule has 2 rings (SSSR count). The molecule has 0 spiro atoms. The molecule has 1 aliphatic rings. The van der Waals surface area contributed by atoms with Crippen LogP contribution in [0, 0.1) is 0 Å². The Hall–Kier alpha value is -2.02. The van der Waals surface area contributed by atoms with Crippen LogP contribution in [0.4, 0.5) is 4.39 Å². The Morgan fingerprint density at radius 3 is 2.38 bits per heavy atom. The summed E-state index contributed by atoms with van der Waals surface area (Å²) in [6.45, 7) is 7.20. The van der Waals surface area contributed by atoms with E-state index in [-0.39, 0.29) is 12.1 Å². The quantitative estimate of drug-likeness (QED) is 0.348. The molecule has 0 aliphatic carbocycles. The molecule has 6 nitrogen and oxygen atoms in total. The maximum absolute atomic E-state index is 15.2. The van der Waals surface area contributed by atoms with E-state index in [0.717, 1.165) is 0 Å². The van der Waals surface area contributed by atoms with Gasteiger partial charge in [-0.2, -0.15) is 0 Å². The van der Waals surface area contributed by atoms with E-state index in [4.69, 9.17) is 19.6 Å². The van der Waals surface area contributed by atoms with E-state index in [9.17, 15) is 0 Å². The number of para-hydroxylation sites is 1. The van der Waals surface area contributed by atoms with E-state index in [1.54, 1.807) is 24.3 Å². The maximum atomic E-state index is 15.2. The first kappa shape index (κ1) is 18.3. The van der Waals surface area contributed by atoms with E-state index in [1.807, 2.05) is 27.7 Å². The molecule has 1 saturated heterocycles. The first-order valence-corrected chi connectivity index (χ1v) is 7.62. The number of benzene rings is 1. The minimum absolute atomic E-state index is 0.174. The van der Waals surface area contributed by atoms with Crippen molar-refractivity contribution in [3.05, 3.63) is 46.0 Å². The van der Waals surface area contributed by atoms with Gasteiger partial charge in [-0.3, -0.25) is 0 Å². The maximum Gasteiger partial charge on any atom is 0.525 e. The van der Waals surface area contributed by atoms with Crippen molar-refractivity contribution in [3.8, 4) is 5.75 Å². The fourth-order valence-corrected chi connectivity index (χ4v) is 2.37. The van der Waals surface area contributed by atoms with Crippen molar-refractivity contribution in [2.75, 3.05) is 13.7 Å². The Bertz CT molecular complexity index is 684. The summed E-state index contributed by atoms with van der Waals surface area (Å²) in [6, 6.07) is 6.94. The molecule has 0 radical (unpaired) electrons. The van der Waals surface area contributed by atoms with Crippen LogP contribution >= 0.6 is 0 Å². The average Bonchev–Trinajstić information content (AvgIpc) is 2.76. The van der Waals surface area contributed by atoms with Gasteiger partial charge < -0.3 is 14.0 Å². The molecule has 1 aliphatic heterocycles. The SMILES string of the molecule is COc1ccccc1C(CN=[N+]=[N-])=C(F)B1OC(C)(C)C(C)(C)O1. The molecule has 8 heteroatoms. The average molecular weight is 333 g/mol. The molecule has 0 unspecified atom stereocenters. The fourth-order valence-electron chi connectivity index (χ4n) is 2.37. The molecular formula is C16H21BFN3O3. The second-order valence-electron chi connectivity index (χ2n) is 6.50. The lowest BCUT2D eigenvalue weighted by molar-refractivity contribution is 0.00578. The topological polar surface area (TPSA) is 76.5 Å². The highest BCUT2D eigenvalue weighted by molar-refractivity contribution is 6.55. The molecule has 24 heavy (non-hydrogen) atoms. The Kier molecular flexibility index (Phi) is 5.23. The van der Waals surface area contributed by atoms with Gasteiger partial charge in [-0.25, -0.2) is 4.39 Å². The Balaban J connectivity index is 2.50. The third kappa shape index (κ3) is 3.41. The second-order valence-corrected chi connectivity index (χ2v) is 6.50. The normalized spacial score (nSPS) is 19.5. The minimum atomic E-state index is -1.16. The summed E-state index contributed by atoms with van der Waals surface area (Å²) in [6.07, 6.45) is 0. The molecule has 1 aromatic carbocycles. The van der Waals surface area contributed by atoms with Crippen molar-refractivity contribution in [1.29, 1.82) is 0 Å². The zero-order valence-corrected chi connectivity index (χ0v) is 14.5. The van der Waals surface area contributed by atoms with Crippen LogP contribution in [0.15, 0.2) is 35.1 Å². The molecule has 0 amide bonds. The fraction of sp³-hybridized carbons (Fsp3) is 0.500. The summed E-state index contributed by atoms with van der Waals surface area (Å²) in [5.41, 5.74) is 7.35. The highest BCUT2D eigenvalue weighted by Crippen LogP contribution is 2.41. The largest absolute Gasteiger partial charge is 0.525 e. The monoisotopic (exact) mass is 333 g/mol. The molecule has 1 aromatic rings. The number of hydrogen-bond donors (Lipinski definition) is 0. The number of methoxy groups -OCH3 is 1. The zero-order valence-electron chi connectivity index (χ0n) is 14.5. The van der Waals surface area contributed by atoms with Gasteiger partial charge in [0.25, 0.3) is 0 Å². The number of azide groups is 1. The summed E-state index contributed by atoms with van der Waals surface area (Å²) < 4.78 is 32.0. The first-order chi connectivity index (χ1) is 11.2. The molecule has 0 saturated carbocycles. The van der Waals surface area contributed by atoms with Gasteiger partial charge in [0.05, 0.1) is 24.9 Å². The van der Waals surface area contributed by atoms with Crippen molar-refractivity contribution in [2.45, 2.75) is 38.9 Å². The van der Waals surface area contributed by atoms with Gasteiger partial charge in [0.2, 0.25) is 0 Å². The van der Waals surface area contributed by atoms with Gasteiger partial charge in [0.15, 0.2) is 0 Å². The van der Waals surface area contributed by atoms with Crippen molar-refractivity contribution < 1.29 is 18.4 Å². The number of nitrogens with zero attached hydrogens (tertiary/aromatic N) is 3. The lowest BCUT2D eigenvalue weighted by atomic mass is 9.82. The molecule has 128 valence electrons. The van der Waals surface area contributed by atoms with E-state index in [2.05, 4.69) is 10.0 Å². The molecule has 0 N–H and O–H groups in total. The summed E-state index contributed by atoms with van der Waals surface area (Å²) in [5.74, 6) is 0.479. The number of rotatable bonds is 5. The van der Waals surface area contributed by atoms with Crippen molar-refractivity contribution in [1.82, 2.24) is 0 Å². The van der Waals surface area contributed by atoms with Crippen LogP contribution in [-0.2, 0) is 9.31 Å². The zero-order chi connectivity index (χ0) is 18.0. The van der Waals surface area contributed by atoms with Crippen molar-refractivity contribution in [3.63, 3.8) is 0 Å². The van der Waals surface area contributed by atoms with Crippen LogP contribution in [0.3, 0.4) is 0 Å². The molecule has 0 aromatic heterocycles. The summed E-state index contributed by atoms with van der Waals surface area (Å²) in [4.78, 5) is 2.72. The van der Waals surface area contributed by atoms with Gasteiger partial charge >= 0.3 is 7.12 Å². The number of halogens is 1. The van der Waals surface area contributed by atoms with Crippen LogP contribution in [0.25, 0.3) is 16.0 Å². The Labute approximate surface area is 141 Å². The van der Waals surface area contributed by atoms with Gasteiger partial charge in [0.1, 0.15) is 11.5 Å². The third-order valence-corrected chi connectivity index (χ3v) is 4.47. The first-order valence-electron chi connectivity index (χ1n) is 7.62. The lowest BCUT2D eigenvalue weighted by Gasteiger charge is -2.32. The van der Waals surface area contributed by atoms with E-state index < -0.39 is 24.0 Å². The molecule has 1 heterocycles. The second kappa shape index (κ2) is 6.85. The van der Waals surface area contributed by atoms with Gasteiger partial charge in [0, 0.05) is 10.5 Å². The molecular weight excluding hydrogens is 312 g/mol. The van der Waals surface area contributed by atoms with Crippen LogP contribution in [-0.4, -0.2) is 32.0 Å². The molecule has 1 fully saturated rings. The van der Waals surface area contributed by atoms with E-state index >= 15 is 4.39 Å². The van der Waals surface area contributed by atoms with Gasteiger partial charge in [-0.05, 0) is 44.9 Å². The third-order valence-electron chi connectivity index (χ3n) is 4.47. The summed E-state index contributed by atoms with van der Waals surface area (Å²) in [7, 11) is 0.334. The number of ether oxygens (including phenoxy) is 1. The van der Waals surface area contributed by atoms with Crippen molar-refractivity contribution >= 4 is 12.7 Å². The molecule has 0 bridgehead atoms. The summed E-state index contributed by atoms with van der Waals surface area (Å²) >= 11 is 0. The summed E-state index contributed by atoms with van der Waals surface area (Å²) in [5, 5.41) is 3.51. The lowest BCUT2D eigenvalue weighted by Crippen LogP contribution is -2.41. The van der Waals surface area contributed by atoms with Crippen molar-refractivity contribution in [2.24, 2.45) is 5.11 Å². The predicted octanol–water partition coefficient (Wildman–Crippen LogP) is 4.32. The van der Waals surface area contributed by atoms with Crippen LogP contribution in [0.2, 0.25) is 0 Å². The Morgan fingerprint density at radius 1 is 1.25 bits per heavy atom. The highest BCUT2D eigenvalue weighted by Gasteiger charge is 2.53. The van der Waals surface area contributed by atoms with Gasteiger partial charge in [-0.15, -0.1) is 0 Å². The van der Waals surface area contributed by atoms with E-state index in [0.29, 0.717) is 11.3 Å². The van der Waals surface area contributed by atoms with Crippen LogP contribution in [0.5, 0.6) is 5.75 Å². The molecule has 0 atom stereocenters. The predicted molar refractivity (Wildman–Crippen MR) is 91.1 cm³/mol. The number of hydrogen-bond acceptors (Lipinski definition) is 4. The van der Waals surface area contributed by atoms with Gasteiger partial charge in [-0.1, -0.05) is 23.3 Å². The van der Waals surface area contributed by atoms with E-state index in [1.165, 1.54) is 7.11 Å². The van der Waals surface area contributed by atoms with Crippen LogP contribution in [0.1, 0.15) is 33.3 Å². The standard InChI is InChI=1S/C16H21BFN3O3/c1-15(2)16(3,4)24-17(23-15)14(18)12(10-20-21-19)11-8-6-7-9-13(11)22-5/h6-9H,10H2,1-5H3. The smallest absolute Gasteiger partial charge is 0.496 e.